The van der Waals surface area contributed by atoms with Gasteiger partial charge in [0.15, 0.2) is 0 Å². The van der Waals surface area contributed by atoms with E-state index in [1.165, 1.54) is 0 Å². The Morgan fingerprint density at radius 2 is 1.42 bits per heavy atom. The fourth-order valence-corrected chi connectivity index (χ4v) is 4.12. The Hall–Kier alpha value is -3.93. The van der Waals surface area contributed by atoms with Gasteiger partial charge < -0.3 is 15.5 Å². The Kier molecular flexibility index (Phi) is 6.27. The van der Waals surface area contributed by atoms with Gasteiger partial charge in [-0.15, -0.1) is 0 Å². The molecule has 3 amide bonds. The first-order valence-electron chi connectivity index (χ1n) is 11.0. The summed E-state index contributed by atoms with van der Waals surface area (Å²) >= 11 is 0. The molecule has 33 heavy (non-hydrogen) atoms. The van der Waals surface area contributed by atoms with E-state index in [1.807, 2.05) is 85.8 Å². The number of fused-ring (bicyclic) bond motifs is 3. The van der Waals surface area contributed by atoms with Gasteiger partial charge in [0.1, 0.15) is 12.0 Å². The number of carbonyl (C=O) groups is 3. The van der Waals surface area contributed by atoms with Crippen molar-refractivity contribution >= 4 is 23.4 Å². The van der Waals surface area contributed by atoms with Gasteiger partial charge in [-0.1, -0.05) is 72.8 Å². The van der Waals surface area contributed by atoms with Crippen molar-refractivity contribution in [2.75, 3.05) is 11.9 Å². The average molecular weight is 442 g/mol. The molecule has 0 bridgehead atoms. The fraction of sp³-hybridized carbons (Fsp3) is 0.222. The number of amides is 3. The molecule has 0 aromatic heterocycles. The third kappa shape index (κ3) is 4.37. The summed E-state index contributed by atoms with van der Waals surface area (Å²) in [5, 5.41) is 5.72. The molecule has 3 aromatic rings. The van der Waals surface area contributed by atoms with Crippen molar-refractivity contribution in [3.05, 3.63) is 90.0 Å². The van der Waals surface area contributed by atoms with Crippen LogP contribution in [0.25, 0.3) is 11.1 Å². The Labute approximate surface area is 193 Å². The van der Waals surface area contributed by atoms with Gasteiger partial charge >= 0.3 is 0 Å². The van der Waals surface area contributed by atoms with Crippen molar-refractivity contribution < 1.29 is 14.4 Å². The van der Waals surface area contributed by atoms with Crippen molar-refractivity contribution in [1.82, 2.24) is 10.6 Å². The van der Waals surface area contributed by atoms with Crippen LogP contribution in [0.3, 0.4) is 0 Å². The van der Waals surface area contributed by atoms with Crippen molar-refractivity contribution in [1.29, 1.82) is 0 Å². The molecule has 3 unspecified atom stereocenters. The van der Waals surface area contributed by atoms with E-state index in [4.69, 9.17) is 0 Å². The zero-order chi connectivity index (χ0) is 23.5. The molecule has 6 nitrogen and oxygen atoms in total. The van der Waals surface area contributed by atoms with Crippen LogP contribution in [0.5, 0.6) is 0 Å². The van der Waals surface area contributed by atoms with E-state index in [9.17, 15) is 14.4 Å². The number of benzene rings is 3. The van der Waals surface area contributed by atoms with Gasteiger partial charge in [0, 0.05) is 12.6 Å². The van der Waals surface area contributed by atoms with Crippen LogP contribution in [0.15, 0.2) is 78.9 Å². The highest BCUT2D eigenvalue weighted by Crippen LogP contribution is 2.39. The summed E-state index contributed by atoms with van der Waals surface area (Å²) in [6.07, 6.45) is 0. The lowest BCUT2D eigenvalue weighted by molar-refractivity contribution is -0.137. The van der Waals surface area contributed by atoms with Crippen molar-refractivity contribution in [2.45, 2.75) is 25.9 Å². The molecule has 0 saturated heterocycles. The van der Waals surface area contributed by atoms with Crippen LogP contribution in [-0.4, -0.2) is 24.8 Å². The first kappa shape index (κ1) is 22.3. The topological polar surface area (TPSA) is 78.5 Å². The Morgan fingerprint density at radius 1 is 0.818 bits per heavy atom. The summed E-state index contributed by atoms with van der Waals surface area (Å²) in [7, 11) is 1.70. The van der Waals surface area contributed by atoms with Crippen molar-refractivity contribution in [3.63, 3.8) is 0 Å². The maximum atomic E-state index is 13.4. The lowest BCUT2D eigenvalue weighted by Crippen LogP contribution is -2.46. The van der Waals surface area contributed by atoms with Crippen LogP contribution >= 0.6 is 0 Å². The van der Waals surface area contributed by atoms with Crippen LogP contribution in [0.2, 0.25) is 0 Å². The van der Waals surface area contributed by atoms with E-state index in [2.05, 4.69) is 10.6 Å². The van der Waals surface area contributed by atoms with Gasteiger partial charge in [0.25, 0.3) is 5.91 Å². The third-order valence-electron chi connectivity index (χ3n) is 6.14. The highest BCUT2D eigenvalue weighted by atomic mass is 16.2. The first-order valence-corrected chi connectivity index (χ1v) is 11.0. The van der Waals surface area contributed by atoms with Crippen LogP contribution in [0.1, 0.15) is 37.1 Å². The number of para-hydroxylation sites is 1. The lowest BCUT2D eigenvalue weighted by atomic mass is 9.95. The predicted octanol–water partition coefficient (Wildman–Crippen LogP) is 4.00. The SMILES string of the molecule is CC(C(=O)NC(C)c1ccccc1)C(=O)NC1C(=O)N(C)c2ccccc2-c2ccccc21. The molecule has 2 N–H and O–H groups in total. The van der Waals surface area contributed by atoms with Gasteiger partial charge in [-0.25, -0.2) is 0 Å². The second-order valence-corrected chi connectivity index (χ2v) is 8.31. The fourth-order valence-electron chi connectivity index (χ4n) is 4.12. The average Bonchev–Trinajstić information content (AvgIpc) is 2.93. The largest absolute Gasteiger partial charge is 0.349 e. The Bertz CT molecular complexity index is 1190. The zero-order valence-corrected chi connectivity index (χ0v) is 18.9. The predicted molar refractivity (Wildman–Crippen MR) is 128 cm³/mol. The minimum absolute atomic E-state index is 0.241. The third-order valence-corrected chi connectivity index (χ3v) is 6.14. The number of hydrogen-bond acceptors (Lipinski definition) is 3. The first-order chi connectivity index (χ1) is 15.9. The van der Waals surface area contributed by atoms with Gasteiger partial charge in [-0.2, -0.15) is 0 Å². The summed E-state index contributed by atoms with van der Waals surface area (Å²) in [4.78, 5) is 40.8. The quantitative estimate of drug-likeness (QED) is 0.588. The lowest BCUT2D eigenvalue weighted by Gasteiger charge is -2.24. The minimum atomic E-state index is -0.966. The van der Waals surface area contributed by atoms with Crippen molar-refractivity contribution in [3.8, 4) is 11.1 Å². The summed E-state index contributed by atoms with van der Waals surface area (Å²) in [5.74, 6) is -2.12. The Balaban J connectivity index is 1.56. The van der Waals surface area contributed by atoms with E-state index in [-0.39, 0.29) is 11.9 Å². The number of carbonyl (C=O) groups excluding carboxylic acids is 3. The molecule has 6 heteroatoms. The molecule has 0 spiro atoms. The number of hydrogen-bond donors (Lipinski definition) is 2. The molecule has 3 aromatic carbocycles. The molecule has 0 saturated carbocycles. The molecule has 1 aliphatic rings. The van der Waals surface area contributed by atoms with Gasteiger partial charge in [-0.05, 0) is 36.6 Å². The van der Waals surface area contributed by atoms with Gasteiger partial charge in [0.2, 0.25) is 11.8 Å². The highest BCUT2D eigenvalue weighted by Gasteiger charge is 2.35. The molecule has 1 heterocycles. The summed E-state index contributed by atoms with van der Waals surface area (Å²) in [5.41, 5.74) is 4.23. The van der Waals surface area contributed by atoms with E-state index in [1.54, 1.807) is 18.9 Å². The van der Waals surface area contributed by atoms with Crippen molar-refractivity contribution in [2.24, 2.45) is 5.92 Å². The summed E-state index contributed by atoms with van der Waals surface area (Å²) < 4.78 is 0. The van der Waals surface area contributed by atoms with Gasteiger partial charge in [-0.3, -0.25) is 14.4 Å². The van der Waals surface area contributed by atoms with Crippen LogP contribution in [0, 0.1) is 5.92 Å². The Morgan fingerprint density at radius 3 is 2.15 bits per heavy atom. The minimum Gasteiger partial charge on any atom is -0.349 e. The number of nitrogens with zero attached hydrogens (tertiary/aromatic N) is 1. The van der Waals surface area contributed by atoms with E-state index in [0.29, 0.717) is 5.56 Å². The second kappa shape index (κ2) is 9.28. The molecular weight excluding hydrogens is 414 g/mol. The van der Waals surface area contributed by atoms with Crippen LogP contribution in [-0.2, 0) is 14.4 Å². The standard InChI is InChI=1S/C27H27N3O3/c1-17(25(31)28-18(2)19-11-5-4-6-12-19)26(32)29-24-22-15-8-7-13-20(22)21-14-9-10-16-23(21)30(3)27(24)33/h4-18,24H,1-3H3,(H,28,31)(H,29,32). The van der Waals surface area contributed by atoms with E-state index >= 15 is 0 Å². The molecular formula is C27H27N3O3. The van der Waals surface area contributed by atoms with E-state index in [0.717, 1.165) is 22.4 Å². The van der Waals surface area contributed by atoms with Crippen LogP contribution in [0.4, 0.5) is 5.69 Å². The van der Waals surface area contributed by atoms with Crippen LogP contribution < -0.4 is 15.5 Å². The molecule has 0 radical (unpaired) electrons. The molecule has 4 rings (SSSR count). The monoisotopic (exact) mass is 441 g/mol. The molecule has 168 valence electrons. The van der Waals surface area contributed by atoms with Gasteiger partial charge in [0.05, 0.1) is 11.7 Å². The normalized spacial score (nSPS) is 16.6. The van der Waals surface area contributed by atoms with E-state index < -0.39 is 23.8 Å². The number of nitrogens with one attached hydrogen (secondary N) is 2. The zero-order valence-electron chi connectivity index (χ0n) is 18.9. The summed E-state index contributed by atoms with van der Waals surface area (Å²) in [6.45, 7) is 3.42. The molecule has 0 fully saturated rings. The molecule has 1 aliphatic heterocycles. The maximum absolute atomic E-state index is 13.4. The smallest absolute Gasteiger partial charge is 0.253 e. The molecule has 0 aliphatic carbocycles. The molecule has 3 atom stereocenters. The number of anilines is 1. The maximum Gasteiger partial charge on any atom is 0.253 e. The second-order valence-electron chi connectivity index (χ2n) is 8.31. The summed E-state index contributed by atoms with van der Waals surface area (Å²) in [6, 6.07) is 23.6. The number of rotatable bonds is 5. The highest BCUT2D eigenvalue weighted by molar-refractivity contribution is 6.07. The number of likely N-dealkylation sites (N-methyl/N-ethyl adjacent to an activating group) is 1.